The third-order valence-electron chi connectivity index (χ3n) is 8.11. The van der Waals surface area contributed by atoms with Crippen molar-refractivity contribution in [1.29, 1.82) is 0 Å². The number of rotatable bonds is 8. The van der Waals surface area contributed by atoms with Gasteiger partial charge in [0.15, 0.2) is 0 Å². The molecule has 0 saturated heterocycles. The largest absolute Gasteiger partial charge is 0.497 e. The first-order valence-corrected chi connectivity index (χ1v) is 15.6. The van der Waals surface area contributed by atoms with E-state index in [4.69, 9.17) is 16.3 Å². The standard InChI is InChI=1S/C35H32ClN3O3S/c1-42-29-15-9-25(10-16-29)34(40)38-27-11-13-28(14-12-27)39(35(41)33-32(36)30-7-2-3-8-31(30)43-33)22-23-5-4-6-26(21-23)24-17-19-37-20-18-24/h2-10,15-21,27-28H,11-14,22H2,1H3,(H,38,40). The molecule has 0 atom stereocenters. The summed E-state index contributed by atoms with van der Waals surface area (Å²) in [5.74, 6) is 0.571. The molecule has 1 aliphatic carbocycles. The quantitative estimate of drug-likeness (QED) is 0.193. The van der Waals surface area contributed by atoms with Crippen LogP contribution in [0.2, 0.25) is 5.02 Å². The first-order valence-electron chi connectivity index (χ1n) is 14.4. The summed E-state index contributed by atoms with van der Waals surface area (Å²) in [7, 11) is 1.61. The minimum atomic E-state index is -0.0935. The molecule has 2 heterocycles. The van der Waals surface area contributed by atoms with Gasteiger partial charge in [-0.3, -0.25) is 14.6 Å². The Kier molecular flexibility index (Phi) is 8.72. The van der Waals surface area contributed by atoms with Crippen LogP contribution in [0, 0.1) is 0 Å². The highest BCUT2D eigenvalue weighted by Crippen LogP contribution is 2.37. The van der Waals surface area contributed by atoms with E-state index in [1.807, 2.05) is 47.4 Å². The van der Waals surface area contributed by atoms with Crippen molar-refractivity contribution in [2.24, 2.45) is 0 Å². The second kappa shape index (κ2) is 13.0. The zero-order valence-electron chi connectivity index (χ0n) is 23.8. The summed E-state index contributed by atoms with van der Waals surface area (Å²) in [4.78, 5) is 33.9. The van der Waals surface area contributed by atoms with E-state index in [0.29, 0.717) is 27.8 Å². The highest BCUT2D eigenvalue weighted by molar-refractivity contribution is 7.21. The molecule has 8 heteroatoms. The highest BCUT2D eigenvalue weighted by Gasteiger charge is 2.32. The van der Waals surface area contributed by atoms with Gasteiger partial charge in [0.05, 0.1) is 12.1 Å². The number of fused-ring (bicyclic) bond motifs is 1. The Morgan fingerprint density at radius 3 is 2.40 bits per heavy atom. The number of amides is 2. The second-order valence-electron chi connectivity index (χ2n) is 10.8. The lowest BCUT2D eigenvalue weighted by Crippen LogP contribution is -2.45. The minimum Gasteiger partial charge on any atom is -0.497 e. The van der Waals surface area contributed by atoms with Gasteiger partial charge in [0.25, 0.3) is 11.8 Å². The number of carbonyl (C=O) groups is 2. The molecule has 43 heavy (non-hydrogen) atoms. The molecule has 0 bridgehead atoms. The van der Waals surface area contributed by atoms with E-state index in [1.165, 1.54) is 11.3 Å². The molecule has 218 valence electrons. The number of nitrogens with one attached hydrogen (secondary N) is 1. The molecular weight excluding hydrogens is 578 g/mol. The van der Waals surface area contributed by atoms with Crippen LogP contribution >= 0.6 is 22.9 Å². The number of nitrogens with zero attached hydrogens (tertiary/aromatic N) is 2. The van der Waals surface area contributed by atoms with Crippen molar-refractivity contribution < 1.29 is 14.3 Å². The Morgan fingerprint density at radius 1 is 0.930 bits per heavy atom. The molecule has 0 spiro atoms. The molecule has 0 unspecified atom stereocenters. The van der Waals surface area contributed by atoms with Crippen molar-refractivity contribution >= 4 is 44.8 Å². The zero-order valence-corrected chi connectivity index (χ0v) is 25.4. The maximum atomic E-state index is 14.3. The Labute approximate surface area is 260 Å². The average molecular weight is 610 g/mol. The summed E-state index contributed by atoms with van der Waals surface area (Å²) in [6.07, 6.45) is 6.71. The van der Waals surface area contributed by atoms with Crippen LogP contribution in [-0.2, 0) is 6.54 Å². The van der Waals surface area contributed by atoms with Gasteiger partial charge >= 0.3 is 0 Å². The van der Waals surface area contributed by atoms with E-state index in [2.05, 4.69) is 28.5 Å². The summed E-state index contributed by atoms with van der Waals surface area (Å²) in [6, 6.07) is 27.4. The molecule has 2 aromatic heterocycles. The predicted molar refractivity (Wildman–Crippen MR) is 173 cm³/mol. The molecule has 0 radical (unpaired) electrons. The molecule has 3 aromatic carbocycles. The number of ether oxygens (including phenoxy) is 1. The van der Waals surface area contributed by atoms with Crippen LogP contribution in [0.15, 0.2) is 97.3 Å². The van der Waals surface area contributed by atoms with Gasteiger partial charge in [-0.2, -0.15) is 0 Å². The Morgan fingerprint density at radius 2 is 1.67 bits per heavy atom. The fourth-order valence-electron chi connectivity index (χ4n) is 5.78. The van der Waals surface area contributed by atoms with Gasteiger partial charge in [-0.05, 0) is 90.9 Å². The summed E-state index contributed by atoms with van der Waals surface area (Å²) in [5, 5.41) is 4.61. The van der Waals surface area contributed by atoms with Crippen LogP contribution < -0.4 is 10.1 Å². The summed E-state index contributed by atoms with van der Waals surface area (Å²) >= 11 is 8.25. The molecule has 1 N–H and O–H groups in total. The van der Waals surface area contributed by atoms with Gasteiger partial charge in [0.2, 0.25) is 0 Å². The van der Waals surface area contributed by atoms with Crippen molar-refractivity contribution in [1.82, 2.24) is 15.2 Å². The van der Waals surface area contributed by atoms with Crippen LogP contribution in [0.4, 0.5) is 0 Å². The fourth-order valence-corrected chi connectivity index (χ4v) is 7.25. The number of aromatic nitrogens is 1. The Bertz CT molecular complexity index is 1730. The average Bonchev–Trinajstić information content (AvgIpc) is 3.40. The molecule has 5 aromatic rings. The highest BCUT2D eigenvalue weighted by atomic mass is 35.5. The minimum absolute atomic E-state index is 0.0208. The molecule has 1 aliphatic rings. The molecule has 1 saturated carbocycles. The number of carbonyl (C=O) groups excluding carboxylic acids is 2. The van der Waals surface area contributed by atoms with Crippen molar-refractivity contribution in [2.75, 3.05) is 7.11 Å². The zero-order chi connectivity index (χ0) is 29.8. The monoisotopic (exact) mass is 609 g/mol. The number of pyridine rings is 1. The number of benzene rings is 3. The maximum Gasteiger partial charge on any atom is 0.266 e. The molecular formula is C35H32ClN3O3S. The summed E-state index contributed by atoms with van der Waals surface area (Å²) in [5.41, 5.74) is 3.82. The predicted octanol–water partition coefficient (Wildman–Crippen LogP) is 8.01. The number of halogens is 1. The van der Waals surface area contributed by atoms with Gasteiger partial charge in [-0.25, -0.2) is 0 Å². The van der Waals surface area contributed by atoms with Crippen molar-refractivity contribution in [3.8, 4) is 16.9 Å². The fraction of sp³-hybridized carbons (Fsp3) is 0.229. The van der Waals surface area contributed by atoms with Crippen molar-refractivity contribution in [2.45, 2.75) is 44.3 Å². The van der Waals surface area contributed by atoms with E-state index < -0.39 is 0 Å². The van der Waals surface area contributed by atoms with E-state index in [1.54, 1.807) is 43.8 Å². The molecule has 1 fully saturated rings. The first kappa shape index (κ1) is 28.9. The molecule has 6 rings (SSSR count). The van der Waals surface area contributed by atoms with Crippen molar-refractivity contribution in [3.05, 3.63) is 118 Å². The number of hydrogen-bond acceptors (Lipinski definition) is 5. The SMILES string of the molecule is COc1ccc(C(=O)NC2CCC(N(Cc3cccc(-c4ccncc4)c3)C(=O)c3sc4ccccc4c3Cl)CC2)cc1. The van der Waals surface area contributed by atoms with Crippen LogP contribution in [0.3, 0.4) is 0 Å². The van der Waals surface area contributed by atoms with Gasteiger partial charge < -0.3 is 15.0 Å². The van der Waals surface area contributed by atoms with Crippen LogP contribution in [0.1, 0.15) is 51.3 Å². The second-order valence-corrected chi connectivity index (χ2v) is 12.2. The number of thiophene rings is 1. The molecule has 6 nitrogen and oxygen atoms in total. The van der Waals surface area contributed by atoms with E-state index in [9.17, 15) is 9.59 Å². The third-order valence-corrected chi connectivity index (χ3v) is 9.77. The van der Waals surface area contributed by atoms with Crippen LogP contribution in [0.5, 0.6) is 5.75 Å². The van der Waals surface area contributed by atoms with Gasteiger partial charge in [-0.15, -0.1) is 11.3 Å². The molecule has 0 aliphatic heterocycles. The van der Waals surface area contributed by atoms with Gasteiger partial charge in [0, 0.05) is 46.7 Å². The van der Waals surface area contributed by atoms with Gasteiger partial charge in [-0.1, -0.05) is 48.0 Å². The third kappa shape index (κ3) is 6.43. The Balaban J connectivity index is 1.22. The smallest absolute Gasteiger partial charge is 0.266 e. The number of hydrogen-bond donors (Lipinski definition) is 1. The number of methoxy groups -OCH3 is 1. The lowest BCUT2D eigenvalue weighted by molar-refractivity contribution is 0.0597. The topological polar surface area (TPSA) is 71.5 Å². The van der Waals surface area contributed by atoms with E-state index in [-0.39, 0.29) is 23.9 Å². The van der Waals surface area contributed by atoms with E-state index >= 15 is 0 Å². The Hall–Kier alpha value is -4.20. The normalized spacial score (nSPS) is 16.5. The van der Waals surface area contributed by atoms with Crippen LogP contribution in [0.25, 0.3) is 21.2 Å². The maximum absolute atomic E-state index is 14.3. The summed E-state index contributed by atoms with van der Waals surface area (Å²) < 4.78 is 6.21. The van der Waals surface area contributed by atoms with E-state index in [0.717, 1.165) is 52.5 Å². The van der Waals surface area contributed by atoms with Crippen LogP contribution in [-0.4, -0.2) is 40.9 Å². The van der Waals surface area contributed by atoms with Gasteiger partial charge in [0.1, 0.15) is 10.6 Å². The summed E-state index contributed by atoms with van der Waals surface area (Å²) in [6.45, 7) is 0.468. The lowest BCUT2D eigenvalue weighted by Gasteiger charge is -2.37. The lowest BCUT2D eigenvalue weighted by atomic mass is 9.89. The first-order chi connectivity index (χ1) is 21.0. The molecule has 2 amide bonds. The van der Waals surface area contributed by atoms with Crippen molar-refractivity contribution in [3.63, 3.8) is 0 Å².